The lowest BCUT2D eigenvalue weighted by Crippen LogP contribution is -2.32. The summed E-state index contributed by atoms with van der Waals surface area (Å²) in [5.74, 6) is 0.573. The summed E-state index contributed by atoms with van der Waals surface area (Å²) in [5, 5.41) is 2.65. The molecule has 0 unspecified atom stereocenters. The van der Waals surface area contributed by atoms with Crippen molar-refractivity contribution in [1.29, 1.82) is 0 Å². The number of rotatable bonds is 11. The Bertz CT molecular complexity index is 928. The third kappa shape index (κ3) is 7.01. The van der Waals surface area contributed by atoms with Crippen molar-refractivity contribution in [3.8, 4) is 11.5 Å². The minimum Gasteiger partial charge on any atom is -0.494 e. The van der Waals surface area contributed by atoms with Crippen LogP contribution in [0.5, 0.6) is 11.5 Å². The van der Waals surface area contributed by atoms with Crippen LogP contribution in [-0.2, 0) is 20.9 Å². The van der Waals surface area contributed by atoms with Crippen LogP contribution in [0.2, 0.25) is 0 Å². The first-order valence-corrected chi connectivity index (χ1v) is 10.7. The van der Waals surface area contributed by atoms with Crippen LogP contribution < -0.4 is 14.8 Å². The molecule has 2 aromatic rings. The molecule has 1 aliphatic rings. The fraction of sp³-hybridized carbons (Fsp3) is 0.375. The first-order chi connectivity index (χ1) is 15.5. The average Bonchev–Trinajstić information content (AvgIpc) is 3.20. The molecule has 0 saturated carbocycles. The smallest absolute Gasteiger partial charge is 0.338 e. The van der Waals surface area contributed by atoms with Gasteiger partial charge in [-0.15, -0.1) is 0 Å². The van der Waals surface area contributed by atoms with Crippen molar-refractivity contribution in [2.75, 3.05) is 32.9 Å². The number of amides is 2. The predicted molar refractivity (Wildman–Crippen MR) is 117 cm³/mol. The molecule has 3 rings (SSSR count). The van der Waals surface area contributed by atoms with E-state index in [1.807, 2.05) is 25.1 Å². The van der Waals surface area contributed by atoms with Crippen LogP contribution in [0, 0.1) is 0 Å². The molecule has 2 amide bonds. The number of hydrogen-bond donors (Lipinski definition) is 1. The molecule has 32 heavy (non-hydrogen) atoms. The molecule has 0 spiro atoms. The van der Waals surface area contributed by atoms with Crippen LogP contribution in [0.25, 0.3) is 0 Å². The van der Waals surface area contributed by atoms with Gasteiger partial charge in [-0.2, -0.15) is 0 Å². The van der Waals surface area contributed by atoms with Crippen molar-refractivity contribution in [1.82, 2.24) is 10.2 Å². The maximum absolute atomic E-state index is 12.3. The zero-order valence-corrected chi connectivity index (χ0v) is 18.2. The van der Waals surface area contributed by atoms with E-state index in [9.17, 15) is 14.4 Å². The van der Waals surface area contributed by atoms with Gasteiger partial charge >= 0.3 is 5.97 Å². The fourth-order valence-electron chi connectivity index (χ4n) is 3.31. The largest absolute Gasteiger partial charge is 0.494 e. The lowest BCUT2D eigenvalue weighted by atomic mass is 10.1. The fourth-order valence-corrected chi connectivity index (χ4v) is 3.31. The Morgan fingerprint density at radius 3 is 2.50 bits per heavy atom. The minimum absolute atomic E-state index is 0.126. The average molecular weight is 440 g/mol. The Morgan fingerprint density at radius 2 is 1.81 bits per heavy atom. The molecule has 0 bridgehead atoms. The van der Waals surface area contributed by atoms with E-state index in [0.29, 0.717) is 30.9 Å². The predicted octanol–water partition coefficient (Wildman–Crippen LogP) is 2.56. The van der Waals surface area contributed by atoms with E-state index in [2.05, 4.69) is 5.32 Å². The summed E-state index contributed by atoms with van der Waals surface area (Å²) in [5.41, 5.74) is 1.20. The van der Waals surface area contributed by atoms with Gasteiger partial charge in [0.15, 0.2) is 6.61 Å². The van der Waals surface area contributed by atoms with Crippen molar-refractivity contribution in [2.45, 2.75) is 26.3 Å². The van der Waals surface area contributed by atoms with E-state index < -0.39 is 11.9 Å². The Hall–Kier alpha value is -3.55. The van der Waals surface area contributed by atoms with Gasteiger partial charge in [0, 0.05) is 19.5 Å². The number of hydrogen-bond acceptors (Lipinski definition) is 6. The molecule has 0 aromatic heterocycles. The van der Waals surface area contributed by atoms with E-state index >= 15 is 0 Å². The normalized spacial score (nSPS) is 13.0. The van der Waals surface area contributed by atoms with Gasteiger partial charge in [0.05, 0.1) is 18.7 Å². The highest BCUT2D eigenvalue weighted by atomic mass is 16.5. The van der Waals surface area contributed by atoms with Gasteiger partial charge in [0.2, 0.25) is 5.91 Å². The monoisotopic (exact) mass is 440 g/mol. The van der Waals surface area contributed by atoms with Gasteiger partial charge in [-0.3, -0.25) is 9.59 Å². The lowest BCUT2D eigenvalue weighted by molar-refractivity contribution is -0.128. The number of carbonyl (C=O) groups is 3. The van der Waals surface area contributed by atoms with E-state index in [4.69, 9.17) is 14.2 Å². The first kappa shape index (κ1) is 23.1. The highest BCUT2D eigenvalue weighted by Gasteiger charge is 2.20. The topological polar surface area (TPSA) is 94.2 Å². The van der Waals surface area contributed by atoms with Crippen molar-refractivity contribution in [2.24, 2.45) is 0 Å². The zero-order chi connectivity index (χ0) is 22.8. The molecular formula is C24H28N2O6. The molecule has 8 nitrogen and oxygen atoms in total. The summed E-state index contributed by atoms with van der Waals surface area (Å²) in [6.07, 6.45) is 1.43. The summed E-state index contributed by atoms with van der Waals surface area (Å²) < 4.78 is 16.0. The number of likely N-dealkylation sites (tertiary alicyclic amines) is 1. The highest BCUT2D eigenvalue weighted by molar-refractivity contribution is 5.91. The maximum atomic E-state index is 12.3. The molecule has 8 heteroatoms. The van der Waals surface area contributed by atoms with Crippen LogP contribution in [0.1, 0.15) is 35.7 Å². The molecule has 1 heterocycles. The van der Waals surface area contributed by atoms with Gasteiger partial charge < -0.3 is 24.4 Å². The summed E-state index contributed by atoms with van der Waals surface area (Å²) >= 11 is 0. The van der Waals surface area contributed by atoms with Gasteiger partial charge in [-0.1, -0.05) is 12.1 Å². The van der Waals surface area contributed by atoms with E-state index in [1.165, 1.54) is 0 Å². The first-order valence-electron chi connectivity index (χ1n) is 10.7. The summed E-state index contributed by atoms with van der Waals surface area (Å²) in [6, 6.07) is 14.1. The SMILES string of the molecule is CCOc1ccc(OCCNC(=O)COC(=O)c2cccc(CN3CCCC3=O)c2)cc1. The molecule has 1 saturated heterocycles. The number of ether oxygens (including phenoxy) is 3. The molecular weight excluding hydrogens is 412 g/mol. The van der Waals surface area contributed by atoms with Crippen LogP contribution in [0.4, 0.5) is 0 Å². The number of benzene rings is 2. The van der Waals surface area contributed by atoms with E-state index in [0.717, 1.165) is 24.3 Å². The second-order valence-corrected chi connectivity index (χ2v) is 7.30. The molecule has 1 fully saturated rings. The molecule has 170 valence electrons. The Balaban J connectivity index is 1.36. The van der Waals surface area contributed by atoms with Crippen molar-refractivity contribution >= 4 is 17.8 Å². The van der Waals surface area contributed by atoms with Gasteiger partial charge in [0.1, 0.15) is 18.1 Å². The van der Waals surface area contributed by atoms with Gasteiger partial charge in [0.25, 0.3) is 5.91 Å². The second-order valence-electron chi connectivity index (χ2n) is 7.30. The van der Waals surface area contributed by atoms with Crippen LogP contribution in [0.15, 0.2) is 48.5 Å². The molecule has 0 radical (unpaired) electrons. The van der Waals surface area contributed by atoms with Crippen LogP contribution in [-0.4, -0.2) is 55.6 Å². The van der Waals surface area contributed by atoms with Crippen molar-refractivity contribution in [3.63, 3.8) is 0 Å². The Morgan fingerprint density at radius 1 is 1.06 bits per heavy atom. The van der Waals surface area contributed by atoms with Crippen LogP contribution >= 0.6 is 0 Å². The summed E-state index contributed by atoms with van der Waals surface area (Å²) in [7, 11) is 0. The molecule has 0 aliphatic carbocycles. The second kappa shape index (κ2) is 11.7. The van der Waals surface area contributed by atoms with Crippen LogP contribution in [0.3, 0.4) is 0 Å². The third-order valence-electron chi connectivity index (χ3n) is 4.87. The lowest BCUT2D eigenvalue weighted by Gasteiger charge is -2.15. The minimum atomic E-state index is -0.583. The number of nitrogens with one attached hydrogen (secondary N) is 1. The quantitative estimate of drug-likeness (QED) is 0.426. The summed E-state index contributed by atoms with van der Waals surface area (Å²) in [6.45, 7) is 3.90. The third-order valence-corrected chi connectivity index (χ3v) is 4.87. The number of esters is 1. The standard InChI is InChI=1S/C24H28N2O6/c1-2-30-20-8-10-21(11-9-20)31-14-12-25-22(27)17-32-24(29)19-6-3-5-18(15-19)16-26-13-4-7-23(26)28/h3,5-6,8-11,15H,2,4,7,12-14,16-17H2,1H3,(H,25,27). The Labute approximate surface area is 187 Å². The van der Waals surface area contributed by atoms with E-state index in [1.54, 1.807) is 35.2 Å². The number of nitrogens with zero attached hydrogens (tertiary/aromatic N) is 1. The van der Waals surface area contributed by atoms with Gasteiger partial charge in [-0.25, -0.2) is 4.79 Å². The van der Waals surface area contributed by atoms with Crippen molar-refractivity contribution in [3.05, 3.63) is 59.7 Å². The zero-order valence-electron chi connectivity index (χ0n) is 18.2. The summed E-state index contributed by atoms with van der Waals surface area (Å²) in [4.78, 5) is 37.8. The van der Waals surface area contributed by atoms with Crippen molar-refractivity contribution < 1.29 is 28.6 Å². The highest BCUT2D eigenvalue weighted by Crippen LogP contribution is 2.17. The molecule has 1 N–H and O–H groups in total. The number of carbonyl (C=O) groups excluding carboxylic acids is 3. The Kier molecular flexibility index (Phi) is 8.48. The van der Waals surface area contributed by atoms with Gasteiger partial charge in [-0.05, 0) is 55.3 Å². The molecule has 2 aromatic carbocycles. The van der Waals surface area contributed by atoms with E-state index in [-0.39, 0.29) is 25.7 Å². The molecule has 0 atom stereocenters. The molecule has 1 aliphatic heterocycles. The maximum Gasteiger partial charge on any atom is 0.338 e.